The van der Waals surface area contributed by atoms with Gasteiger partial charge in [-0.3, -0.25) is 0 Å². The number of aromatic amines is 1. The van der Waals surface area contributed by atoms with Crippen molar-refractivity contribution in [3.8, 4) is 11.6 Å². The van der Waals surface area contributed by atoms with Gasteiger partial charge in [-0.05, 0) is 19.2 Å². The van der Waals surface area contributed by atoms with Crippen molar-refractivity contribution < 1.29 is 4.42 Å². The van der Waals surface area contributed by atoms with Crippen LogP contribution in [0, 0.1) is 0 Å². The summed E-state index contributed by atoms with van der Waals surface area (Å²) in [6.07, 6.45) is 1.82. The number of furan rings is 1. The third kappa shape index (κ3) is 1.83. The van der Waals surface area contributed by atoms with Gasteiger partial charge < -0.3 is 14.7 Å². The van der Waals surface area contributed by atoms with Crippen molar-refractivity contribution >= 4 is 11.0 Å². The molecule has 0 unspecified atom stereocenters. The van der Waals surface area contributed by atoms with Crippen molar-refractivity contribution in [3.63, 3.8) is 0 Å². The van der Waals surface area contributed by atoms with Crippen molar-refractivity contribution in [2.45, 2.75) is 6.54 Å². The molecule has 0 aliphatic carbocycles. The lowest BCUT2D eigenvalue weighted by Gasteiger charge is -1.92. The lowest BCUT2D eigenvalue weighted by molar-refractivity contribution is 0.626. The molecule has 2 N–H and O–H groups in total. The summed E-state index contributed by atoms with van der Waals surface area (Å²) in [7, 11) is 1.90. The van der Waals surface area contributed by atoms with Gasteiger partial charge in [0.25, 0.3) is 0 Å². The Morgan fingerprint density at radius 2 is 2.24 bits per heavy atom. The van der Waals surface area contributed by atoms with Crippen LogP contribution in [0.25, 0.3) is 22.6 Å². The molecule has 0 fully saturated rings. The van der Waals surface area contributed by atoms with E-state index in [1.54, 1.807) is 0 Å². The van der Waals surface area contributed by atoms with Crippen molar-refractivity contribution in [2.75, 3.05) is 7.05 Å². The Kier molecular flexibility index (Phi) is 2.42. The number of hydrogen-bond acceptors (Lipinski definition) is 3. The molecule has 0 saturated carbocycles. The molecule has 1 aromatic carbocycles. The minimum absolute atomic E-state index is 0.770. The Balaban J connectivity index is 2.01. The van der Waals surface area contributed by atoms with Crippen LogP contribution in [0.5, 0.6) is 0 Å². The smallest absolute Gasteiger partial charge is 0.173 e. The second-order valence-electron chi connectivity index (χ2n) is 3.94. The highest BCUT2D eigenvalue weighted by Gasteiger charge is 2.08. The number of nitrogens with one attached hydrogen (secondary N) is 2. The number of benzene rings is 1. The van der Waals surface area contributed by atoms with E-state index in [1.807, 2.05) is 43.6 Å². The third-order valence-corrected chi connectivity index (χ3v) is 2.65. The second-order valence-corrected chi connectivity index (χ2v) is 3.94. The molecular formula is C13H13N3O. The summed E-state index contributed by atoms with van der Waals surface area (Å²) >= 11 is 0. The van der Waals surface area contributed by atoms with Gasteiger partial charge in [0.2, 0.25) is 0 Å². The fraction of sp³-hybridized carbons (Fsp3) is 0.154. The maximum atomic E-state index is 5.73. The van der Waals surface area contributed by atoms with Crippen LogP contribution in [0.4, 0.5) is 0 Å². The minimum Gasteiger partial charge on any atom is -0.453 e. The summed E-state index contributed by atoms with van der Waals surface area (Å²) in [6, 6.07) is 9.94. The molecule has 0 amide bonds. The summed E-state index contributed by atoms with van der Waals surface area (Å²) in [6.45, 7) is 0.771. The molecule has 0 atom stereocenters. The molecule has 2 heterocycles. The lowest BCUT2D eigenvalue weighted by atomic mass is 10.2. The maximum absolute atomic E-state index is 5.73. The zero-order valence-electron chi connectivity index (χ0n) is 9.53. The minimum atomic E-state index is 0.770. The summed E-state index contributed by atoms with van der Waals surface area (Å²) < 4.78 is 5.73. The van der Waals surface area contributed by atoms with Gasteiger partial charge in [-0.1, -0.05) is 18.2 Å². The second kappa shape index (κ2) is 4.07. The molecule has 0 radical (unpaired) electrons. The van der Waals surface area contributed by atoms with Crippen LogP contribution in [0.2, 0.25) is 0 Å². The molecule has 2 aromatic heterocycles. The van der Waals surface area contributed by atoms with Crippen LogP contribution >= 0.6 is 0 Å². The van der Waals surface area contributed by atoms with E-state index in [4.69, 9.17) is 4.42 Å². The van der Waals surface area contributed by atoms with Crippen molar-refractivity contribution in [2.24, 2.45) is 0 Å². The number of nitrogens with zero attached hydrogens (tertiary/aromatic N) is 1. The van der Waals surface area contributed by atoms with Gasteiger partial charge in [-0.15, -0.1) is 0 Å². The first-order valence-corrected chi connectivity index (χ1v) is 5.54. The van der Waals surface area contributed by atoms with E-state index in [2.05, 4.69) is 15.3 Å². The molecule has 17 heavy (non-hydrogen) atoms. The number of H-pyrrole nitrogens is 1. The van der Waals surface area contributed by atoms with Crippen LogP contribution in [0.3, 0.4) is 0 Å². The first-order valence-electron chi connectivity index (χ1n) is 5.54. The summed E-state index contributed by atoms with van der Waals surface area (Å²) in [5.41, 5.74) is 1.93. The zero-order chi connectivity index (χ0) is 11.7. The van der Waals surface area contributed by atoms with E-state index in [0.29, 0.717) is 0 Å². The van der Waals surface area contributed by atoms with Crippen LogP contribution in [0.15, 0.2) is 40.9 Å². The van der Waals surface area contributed by atoms with E-state index in [1.165, 1.54) is 0 Å². The van der Waals surface area contributed by atoms with Crippen molar-refractivity contribution in [1.29, 1.82) is 0 Å². The maximum Gasteiger partial charge on any atom is 0.173 e. The van der Waals surface area contributed by atoms with Crippen LogP contribution in [-0.2, 0) is 6.54 Å². The molecule has 0 aliphatic rings. The van der Waals surface area contributed by atoms with Crippen LogP contribution < -0.4 is 5.32 Å². The molecule has 0 bridgehead atoms. The molecule has 3 aromatic rings. The molecule has 3 rings (SSSR count). The Labute approximate surface area is 98.7 Å². The molecule has 0 aliphatic heterocycles. The van der Waals surface area contributed by atoms with E-state index in [0.717, 1.165) is 34.8 Å². The molecule has 4 heteroatoms. The standard InChI is InChI=1S/C13H13N3O/c1-14-7-10-8-15-13(16-10)12-6-9-4-2-3-5-11(9)17-12/h2-6,8,14H,7H2,1H3,(H,15,16). The molecule has 86 valence electrons. The largest absolute Gasteiger partial charge is 0.453 e. The van der Waals surface area contributed by atoms with E-state index >= 15 is 0 Å². The van der Waals surface area contributed by atoms with Gasteiger partial charge in [0.05, 0.1) is 6.20 Å². The van der Waals surface area contributed by atoms with Crippen molar-refractivity contribution in [3.05, 3.63) is 42.2 Å². The number of fused-ring (bicyclic) bond motifs is 1. The van der Waals surface area contributed by atoms with Crippen LogP contribution in [0.1, 0.15) is 5.69 Å². The quantitative estimate of drug-likeness (QED) is 0.723. The summed E-state index contributed by atoms with van der Waals surface area (Å²) in [4.78, 5) is 7.53. The predicted molar refractivity (Wildman–Crippen MR) is 66.6 cm³/mol. The van der Waals surface area contributed by atoms with E-state index < -0.39 is 0 Å². The van der Waals surface area contributed by atoms with Gasteiger partial charge in [-0.25, -0.2) is 4.98 Å². The first kappa shape index (κ1) is 10.1. The fourth-order valence-corrected chi connectivity index (χ4v) is 1.86. The third-order valence-electron chi connectivity index (χ3n) is 2.65. The topological polar surface area (TPSA) is 53.9 Å². The zero-order valence-corrected chi connectivity index (χ0v) is 9.53. The normalized spacial score (nSPS) is 11.1. The van der Waals surface area contributed by atoms with Gasteiger partial charge in [-0.2, -0.15) is 0 Å². The van der Waals surface area contributed by atoms with Gasteiger partial charge in [0, 0.05) is 17.6 Å². The Bertz CT molecular complexity index is 606. The number of rotatable bonds is 3. The first-order chi connectivity index (χ1) is 8.36. The lowest BCUT2D eigenvalue weighted by Crippen LogP contribution is -2.04. The predicted octanol–water partition coefficient (Wildman–Crippen LogP) is 2.54. The van der Waals surface area contributed by atoms with Gasteiger partial charge in [0.1, 0.15) is 5.58 Å². The summed E-state index contributed by atoms with van der Waals surface area (Å²) in [5, 5.41) is 4.17. The highest BCUT2D eigenvalue weighted by Crippen LogP contribution is 2.25. The number of aromatic nitrogens is 2. The Morgan fingerprint density at radius 3 is 3.06 bits per heavy atom. The molecular weight excluding hydrogens is 214 g/mol. The van der Waals surface area contributed by atoms with Crippen LogP contribution in [-0.4, -0.2) is 17.0 Å². The van der Waals surface area contributed by atoms with E-state index in [9.17, 15) is 0 Å². The molecule has 0 saturated heterocycles. The fourth-order valence-electron chi connectivity index (χ4n) is 1.86. The monoisotopic (exact) mass is 227 g/mol. The average Bonchev–Trinajstić information content (AvgIpc) is 2.94. The highest BCUT2D eigenvalue weighted by molar-refractivity contribution is 5.81. The Morgan fingerprint density at radius 1 is 1.35 bits per heavy atom. The molecule has 0 spiro atoms. The number of hydrogen-bond donors (Lipinski definition) is 2. The van der Waals surface area contributed by atoms with Gasteiger partial charge >= 0.3 is 0 Å². The highest BCUT2D eigenvalue weighted by atomic mass is 16.3. The molecule has 4 nitrogen and oxygen atoms in total. The number of para-hydroxylation sites is 1. The summed E-state index contributed by atoms with van der Waals surface area (Å²) in [5.74, 6) is 1.54. The van der Waals surface area contributed by atoms with E-state index in [-0.39, 0.29) is 0 Å². The number of imidazole rings is 1. The van der Waals surface area contributed by atoms with Crippen molar-refractivity contribution in [1.82, 2.24) is 15.3 Å². The van der Waals surface area contributed by atoms with Gasteiger partial charge in [0.15, 0.2) is 11.6 Å². The SMILES string of the molecule is CNCc1cnc(-c2cc3ccccc3o2)[nH]1. The average molecular weight is 227 g/mol. The Hall–Kier alpha value is -2.07.